The molecule has 0 radical (unpaired) electrons. The number of halogens is 2. The number of H-pyrrole nitrogens is 1. The molecular formula is C11H8Br2N2OS. The maximum absolute atomic E-state index is 11.1. The van der Waals surface area contributed by atoms with Crippen LogP contribution >= 0.6 is 44.1 Å². The minimum atomic E-state index is -0.203. The zero-order valence-electron chi connectivity index (χ0n) is 8.83. The molecule has 0 aliphatic heterocycles. The molecule has 0 saturated carbocycles. The maximum Gasteiger partial charge on any atom is 0.251 e. The highest BCUT2D eigenvalue weighted by atomic mass is 79.9. The van der Waals surface area contributed by atoms with Gasteiger partial charge in [0.2, 0.25) is 0 Å². The lowest BCUT2D eigenvalue weighted by molar-refractivity contribution is 0.928. The number of aromatic amines is 1. The van der Waals surface area contributed by atoms with Crippen LogP contribution in [0.2, 0.25) is 0 Å². The average Bonchev–Trinajstić information content (AvgIpc) is 2.19. The molecule has 2 rings (SSSR count). The predicted octanol–water partition coefficient (Wildman–Crippen LogP) is 3.73. The number of hydrogen-bond donors (Lipinski definition) is 1. The molecule has 0 amide bonds. The van der Waals surface area contributed by atoms with Crippen LogP contribution in [-0.4, -0.2) is 9.55 Å². The first kappa shape index (κ1) is 12.7. The van der Waals surface area contributed by atoms with Gasteiger partial charge in [-0.15, -0.1) is 0 Å². The van der Waals surface area contributed by atoms with Crippen molar-refractivity contribution in [1.82, 2.24) is 9.55 Å². The summed E-state index contributed by atoms with van der Waals surface area (Å²) in [6.45, 7) is 2.01. The van der Waals surface area contributed by atoms with E-state index in [-0.39, 0.29) is 5.56 Å². The minimum absolute atomic E-state index is 0.203. The molecule has 1 heterocycles. The normalized spacial score (nSPS) is 10.5. The summed E-state index contributed by atoms with van der Waals surface area (Å²) in [4.78, 5) is 13.7. The number of nitrogens with zero attached hydrogens (tertiary/aromatic N) is 1. The number of aromatic nitrogens is 2. The van der Waals surface area contributed by atoms with Crippen LogP contribution in [0.15, 0.2) is 38.1 Å². The van der Waals surface area contributed by atoms with Crippen LogP contribution < -0.4 is 5.56 Å². The van der Waals surface area contributed by atoms with Crippen molar-refractivity contribution in [2.45, 2.75) is 6.92 Å². The van der Waals surface area contributed by atoms with Crippen molar-refractivity contribution in [3.8, 4) is 5.69 Å². The Kier molecular flexibility index (Phi) is 3.65. The van der Waals surface area contributed by atoms with Gasteiger partial charge in [0, 0.05) is 21.2 Å². The SMILES string of the molecule is Cc1cc(Br)c(-n2ccc(=O)[nH]c2=S)c(Br)c1. The van der Waals surface area contributed by atoms with E-state index in [9.17, 15) is 4.79 Å². The lowest BCUT2D eigenvalue weighted by atomic mass is 10.2. The second-order valence-electron chi connectivity index (χ2n) is 3.56. The first-order valence-corrected chi connectivity index (χ1v) is 6.76. The van der Waals surface area contributed by atoms with Gasteiger partial charge < -0.3 is 0 Å². The Balaban J connectivity index is 2.77. The highest BCUT2D eigenvalue weighted by Gasteiger charge is 2.08. The molecule has 1 N–H and O–H groups in total. The fraction of sp³-hybridized carbons (Fsp3) is 0.0909. The van der Waals surface area contributed by atoms with E-state index in [1.807, 2.05) is 19.1 Å². The smallest absolute Gasteiger partial charge is 0.251 e. The molecule has 0 spiro atoms. The van der Waals surface area contributed by atoms with Crippen molar-refractivity contribution in [2.75, 3.05) is 0 Å². The Labute approximate surface area is 120 Å². The monoisotopic (exact) mass is 374 g/mol. The van der Waals surface area contributed by atoms with Gasteiger partial charge in [-0.3, -0.25) is 14.3 Å². The lowest BCUT2D eigenvalue weighted by Crippen LogP contribution is -2.10. The third-order valence-electron chi connectivity index (χ3n) is 2.23. The van der Waals surface area contributed by atoms with E-state index in [1.54, 1.807) is 10.8 Å². The predicted molar refractivity (Wildman–Crippen MR) is 77.4 cm³/mol. The minimum Gasteiger partial charge on any atom is -0.299 e. The quantitative estimate of drug-likeness (QED) is 0.771. The molecule has 3 nitrogen and oxygen atoms in total. The summed E-state index contributed by atoms with van der Waals surface area (Å²) in [5.74, 6) is 0. The summed E-state index contributed by atoms with van der Waals surface area (Å²) in [7, 11) is 0. The fourth-order valence-corrected chi connectivity index (χ4v) is 3.57. The molecule has 0 bridgehead atoms. The first-order chi connectivity index (χ1) is 7.99. The van der Waals surface area contributed by atoms with E-state index in [0.717, 1.165) is 20.2 Å². The van der Waals surface area contributed by atoms with E-state index in [4.69, 9.17) is 12.2 Å². The van der Waals surface area contributed by atoms with Crippen molar-refractivity contribution >= 4 is 44.1 Å². The van der Waals surface area contributed by atoms with E-state index in [2.05, 4.69) is 36.8 Å². The summed E-state index contributed by atoms with van der Waals surface area (Å²) in [5, 5.41) is 0. The van der Waals surface area contributed by atoms with Crippen molar-refractivity contribution in [1.29, 1.82) is 0 Å². The maximum atomic E-state index is 11.1. The molecule has 0 unspecified atom stereocenters. The zero-order chi connectivity index (χ0) is 12.6. The summed E-state index contributed by atoms with van der Waals surface area (Å²) >= 11 is 12.1. The Morgan fingerprint density at radius 1 is 1.29 bits per heavy atom. The zero-order valence-corrected chi connectivity index (χ0v) is 12.8. The van der Waals surface area contributed by atoms with Gasteiger partial charge in [0.05, 0.1) is 5.69 Å². The molecule has 1 aromatic heterocycles. The van der Waals surface area contributed by atoms with Crippen LogP contribution in [0.3, 0.4) is 0 Å². The van der Waals surface area contributed by atoms with E-state index in [1.165, 1.54) is 6.07 Å². The van der Waals surface area contributed by atoms with E-state index in [0.29, 0.717) is 4.77 Å². The summed E-state index contributed by atoms with van der Waals surface area (Å²) < 4.78 is 3.92. The third kappa shape index (κ3) is 2.59. The number of rotatable bonds is 1. The second kappa shape index (κ2) is 4.88. The van der Waals surface area contributed by atoms with Gasteiger partial charge in [0.1, 0.15) is 0 Å². The number of hydrogen-bond acceptors (Lipinski definition) is 2. The second-order valence-corrected chi connectivity index (χ2v) is 5.65. The van der Waals surface area contributed by atoms with Crippen LogP contribution in [0.5, 0.6) is 0 Å². The number of aryl methyl sites for hydroxylation is 1. The molecule has 0 atom stereocenters. The molecule has 1 aromatic carbocycles. The Morgan fingerprint density at radius 3 is 2.41 bits per heavy atom. The van der Waals surface area contributed by atoms with Gasteiger partial charge in [-0.05, 0) is 68.7 Å². The first-order valence-electron chi connectivity index (χ1n) is 4.77. The lowest BCUT2D eigenvalue weighted by Gasteiger charge is -2.11. The largest absolute Gasteiger partial charge is 0.299 e. The molecule has 0 aliphatic rings. The number of nitrogens with one attached hydrogen (secondary N) is 1. The molecule has 6 heteroatoms. The average molecular weight is 376 g/mol. The molecular weight excluding hydrogens is 368 g/mol. The summed E-state index contributed by atoms with van der Waals surface area (Å²) in [6, 6.07) is 5.43. The fourth-order valence-electron chi connectivity index (χ4n) is 1.52. The van der Waals surface area contributed by atoms with Crippen LogP contribution in [0.4, 0.5) is 0 Å². The van der Waals surface area contributed by atoms with Crippen LogP contribution in [0, 0.1) is 11.7 Å². The summed E-state index contributed by atoms with van der Waals surface area (Å²) in [6.07, 6.45) is 1.65. The molecule has 88 valence electrons. The van der Waals surface area contributed by atoms with Gasteiger partial charge in [-0.2, -0.15) is 0 Å². The Hall–Kier alpha value is -0.720. The van der Waals surface area contributed by atoms with E-state index < -0.39 is 0 Å². The van der Waals surface area contributed by atoms with Crippen LogP contribution in [0.1, 0.15) is 5.56 Å². The Bertz CT molecular complexity index is 667. The van der Waals surface area contributed by atoms with Crippen molar-refractivity contribution in [3.05, 3.63) is 54.0 Å². The van der Waals surface area contributed by atoms with E-state index >= 15 is 0 Å². The Morgan fingerprint density at radius 2 is 1.88 bits per heavy atom. The molecule has 0 aliphatic carbocycles. The summed E-state index contributed by atoms with van der Waals surface area (Å²) in [5.41, 5.74) is 1.80. The van der Waals surface area contributed by atoms with Crippen molar-refractivity contribution in [3.63, 3.8) is 0 Å². The van der Waals surface area contributed by atoms with Crippen molar-refractivity contribution < 1.29 is 0 Å². The van der Waals surface area contributed by atoms with Gasteiger partial charge in [0.15, 0.2) is 4.77 Å². The van der Waals surface area contributed by atoms with Gasteiger partial charge in [-0.1, -0.05) is 0 Å². The van der Waals surface area contributed by atoms with Crippen LogP contribution in [0.25, 0.3) is 5.69 Å². The van der Waals surface area contributed by atoms with Crippen molar-refractivity contribution in [2.24, 2.45) is 0 Å². The van der Waals surface area contributed by atoms with Crippen LogP contribution in [-0.2, 0) is 0 Å². The molecule has 0 fully saturated rings. The van der Waals surface area contributed by atoms with Gasteiger partial charge in [-0.25, -0.2) is 0 Å². The highest BCUT2D eigenvalue weighted by molar-refractivity contribution is 9.11. The van der Waals surface area contributed by atoms with Gasteiger partial charge in [0.25, 0.3) is 5.56 Å². The molecule has 17 heavy (non-hydrogen) atoms. The van der Waals surface area contributed by atoms with Gasteiger partial charge >= 0.3 is 0 Å². The molecule has 0 saturated heterocycles. The topological polar surface area (TPSA) is 37.8 Å². The molecule has 2 aromatic rings. The standard InChI is InChI=1S/C11H8Br2N2OS/c1-6-4-7(12)10(8(13)5-6)15-3-2-9(16)14-11(15)17/h2-5H,1H3,(H,14,16,17). The third-order valence-corrected chi connectivity index (χ3v) is 3.73. The number of benzene rings is 1. The highest BCUT2D eigenvalue weighted by Crippen LogP contribution is 2.30.